The van der Waals surface area contributed by atoms with Gasteiger partial charge in [0.15, 0.2) is 0 Å². The Balaban J connectivity index is 2.90. The Bertz CT molecular complexity index is 451. The van der Waals surface area contributed by atoms with Crippen molar-refractivity contribution in [1.82, 2.24) is 9.97 Å². The normalized spacial score (nSPS) is 12.4. The van der Waals surface area contributed by atoms with Crippen LogP contribution in [0.5, 0.6) is 0 Å². The second kappa shape index (κ2) is 4.94. The van der Waals surface area contributed by atoms with E-state index in [1.807, 2.05) is 0 Å². The van der Waals surface area contributed by atoms with E-state index in [2.05, 4.69) is 15.3 Å². The SMILES string of the molecule is CC(=N)/C=C(/C)Nc1ccnc(C(F)(F)F)n1. The number of aromatic nitrogens is 2. The summed E-state index contributed by atoms with van der Waals surface area (Å²) in [5.74, 6) is -1.15. The quantitative estimate of drug-likeness (QED) is 0.803. The van der Waals surface area contributed by atoms with Crippen molar-refractivity contribution in [2.24, 2.45) is 0 Å². The maximum absolute atomic E-state index is 12.3. The Labute approximate surface area is 96.1 Å². The largest absolute Gasteiger partial charge is 0.451 e. The molecular weight excluding hydrogens is 233 g/mol. The zero-order chi connectivity index (χ0) is 13.1. The topological polar surface area (TPSA) is 61.7 Å². The van der Waals surface area contributed by atoms with Gasteiger partial charge in [0, 0.05) is 17.6 Å². The van der Waals surface area contributed by atoms with Crippen LogP contribution in [0.15, 0.2) is 24.0 Å². The Morgan fingerprint density at radius 3 is 2.59 bits per heavy atom. The molecule has 7 heteroatoms. The maximum Gasteiger partial charge on any atom is 0.451 e. The number of hydrogen-bond acceptors (Lipinski definition) is 4. The average Bonchev–Trinajstić information content (AvgIpc) is 2.15. The van der Waals surface area contributed by atoms with Gasteiger partial charge < -0.3 is 10.7 Å². The molecule has 0 saturated carbocycles. The summed E-state index contributed by atoms with van der Waals surface area (Å²) in [4.78, 5) is 6.47. The Kier molecular flexibility index (Phi) is 3.82. The molecule has 0 aliphatic rings. The van der Waals surface area contributed by atoms with Crippen molar-refractivity contribution in [3.05, 3.63) is 29.9 Å². The van der Waals surface area contributed by atoms with Crippen LogP contribution in [0, 0.1) is 5.41 Å². The summed E-state index contributed by atoms with van der Waals surface area (Å²) in [7, 11) is 0. The Morgan fingerprint density at radius 2 is 2.06 bits per heavy atom. The van der Waals surface area contributed by atoms with Gasteiger partial charge in [0.25, 0.3) is 0 Å². The van der Waals surface area contributed by atoms with E-state index in [4.69, 9.17) is 5.41 Å². The van der Waals surface area contributed by atoms with E-state index in [0.717, 1.165) is 6.20 Å². The smallest absolute Gasteiger partial charge is 0.344 e. The van der Waals surface area contributed by atoms with Gasteiger partial charge in [0.05, 0.1) is 0 Å². The van der Waals surface area contributed by atoms with Crippen molar-refractivity contribution in [2.45, 2.75) is 20.0 Å². The number of halogens is 3. The predicted octanol–water partition coefficient (Wildman–Crippen LogP) is 2.85. The summed E-state index contributed by atoms with van der Waals surface area (Å²) in [6, 6.07) is 1.33. The zero-order valence-electron chi connectivity index (χ0n) is 9.26. The second-order valence-electron chi connectivity index (χ2n) is 3.40. The van der Waals surface area contributed by atoms with Gasteiger partial charge in [-0.1, -0.05) is 0 Å². The molecule has 92 valence electrons. The van der Waals surface area contributed by atoms with E-state index in [1.165, 1.54) is 12.1 Å². The summed E-state index contributed by atoms with van der Waals surface area (Å²) in [5.41, 5.74) is 0.824. The zero-order valence-corrected chi connectivity index (χ0v) is 9.26. The molecule has 0 saturated heterocycles. The third-order valence-corrected chi connectivity index (χ3v) is 1.67. The van der Waals surface area contributed by atoms with Gasteiger partial charge in [-0.2, -0.15) is 13.2 Å². The molecule has 2 N–H and O–H groups in total. The van der Waals surface area contributed by atoms with Crippen molar-refractivity contribution in [3.63, 3.8) is 0 Å². The molecule has 0 fully saturated rings. The van der Waals surface area contributed by atoms with Crippen LogP contribution < -0.4 is 5.32 Å². The number of allylic oxidation sites excluding steroid dienone is 2. The second-order valence-corrected chi connectivity index (χ2v) is 3.40. The van der Waals surface area contributed by atoms with Gasteiger partial charge in [-0.15, -0.1) is 0 Å². The third kappa shape index (κ3) is 4.21. The molecule has 1 rings (SSSR count). The van der Waals surface area contributed by atoms with Crippen molar-refractivity contribution >= 4 is 11.5 Å². The first-order valence-electron chi connectivity index (χ1n) is 4.70. The fourth-order valence-corrected chi connectivity index (χ4v) is 1.13. The molecule has 4 nitrogen and oxygen atoms in total. The molecule has 17 heavy (non-hydrogen) atoms. The lowest BCUT2D eigenvalue weighted by atomic mass is 10.3. The molecule has 1 heterocycles. The van der Waals surface area contributed by atoms with Crippen molar-refractivity contribution in [3.8, 4) is 0 Å². The summed E-state index contributed by atoms with van der Waals surface area (Å²) >= 11 is 0. The monoisotopic (exact) mass is 244 g/mol. The van der Waals surface area contributed by atoms with Crippen LogP contribution in [-0.2, 0) is 6.18 Å². The number of nitrogens with one attached hydrogen (secondary N) is 2. The molecule has 0 atom stereocenters. The van der Waals surface area contributed by atoms with Crippen LogP contribution in [0.3, 0.4) is 0 Å². The van der Waals surface area contributed by atoms with Crippen LogP contribution in [0.1, 0.15) is 19.7 Å². The fraction of sp³-hybridized carbons (Fsp3) is 0.300. The van der Waals surface area contributed by atoms with Crippen molar-refractivity contribution < 1.29 is 13.2 Å². The lowest BCUT2D eigenvalue weighted by Gasteiger charge is -2.08. The number of rotatable bonds is 3. The van der Waals surface area contributed by atoms with E-state index in [-0.39, 0.29) is 5.82 Å². The van der Waals surface area contributed by atoms with Gasteiger partial charge in [-0.3, -0.25) is 0 Å². The number of nitrogens with zero attached hydrogens (tertiary/aromatic N) is 2. The average molecular weight is 244 g/mol. The summed E-state index contributed by atoms with van der Waals surface area (Å²) in [6.45, 7) is 3.19. The standard InChI is InChI=1S/C10H11F3N4/c1-6(14)5-7(2)16-8-3-4-15-9(17-8)10(11,12)13/h3-5,14H,1-2H3,(H,15,16,17)/b7-5-,14-6?. The molecular formula is C10H11F3N4. The summed E-state index contributed by atoms with van der Waals surface area (Å²) < 4.78 is 36.9. The van der Waals surface area contributed by atoms with E-state index in [9.17, 15) is 13.2 Å². The Hall–Kier alpha value is -1.92. The van der Waals surface area contributed by atoms with Crippen molar-refractivity contribution in [2.75, 3.05) is 5.32 Å². The molecule has 0 aliphatic heterocycles. The van der Waals surface area contributed by atoms with Crippen molar-refractivity contribution in [1.29, 1.82) is 5.41 Å². The van der Waals surface area contributed by atoms with Crippen LogP contribution >= 0.6 is 0 Å². The highest BCUT2D eigenvalue weighted by Crippen LogP contribution is 2.26. The predicted molar refractivity (Wildman–Crippen MR) is 57.8 cm³/mol. The Morgan fingerprint density at radius 1 is 1.41 bits per heavy atom. The fourth-order valence-electron chi connectivity index (χ4n) is 1.13. The highest BCUT2D eigenvalue weighted by Gasteiger charge is 2.34. The highest BCUT2D eigenvalue weighted by molar-refractivity contribution is 5.90. The molecule has 0 bridgehead atoms. The minimum absolute atomic E-state index is 0.0438. The molecule has 0 amide bonds. The molecule has 1 aromatic rings. The molecule has 0 aromatic carbocycles. The number of hydrogen-bond donors (Lipinski definition) is 2. The third-order valence-electron chi connectivity index (χ3n) is 1.67. The van der Waals surface area contributed by atoms with Gasteiger partial charge >= 0.3 is 6.18 Å². The molecule has 1 aromatic heterocycles. The minimum Gasteiger partial charge on any atom is -0.344 e. The first-order chi connectivity index (χ1) is 7.79. The van der Waals surface area contributed by atoms with E-state index in [0.29, 0.717) is 11.4 Å². The van der Waals surface area contributed by atoms with E-state index in [1.54, 1.807) is 13.8 Å². The lowest BCUT2D eigenvalue weighted by Crippen LogP contribution is -2.12. The lowest BCUT2D eigenvalue weighted by molar-refractivity contribution is -0.144. The summed E-state index contributed by atoms with van der Waals surface area (Å²) in [6.07, 6.45) is -2.05. The number of alkyl halides is 3. The van der Waals surface area contributed by atoms with E-state index >= 15 is 0 Å². The molecule has 0 radical (unpaired) electrons. The van der Waals surface area contributed by atoms with Gasteiger partial charge in [-0.25, -0.2) is 9.97 Å². The first-order valence-corrected chi connectivity index (χ1v) is 4.70. The molecule has 0 aliphatic carbocycles. The molecule has 0 unspecified atom stereocenters. The van der Waals surface area contributed by atoms with Crippen LogP contribution in [-0.4, -0.2) is 15.7 Å². The van der Waals surface area contributed by atoms with E-state index < -0.39 is 12.0 Å². The maximum atomic E-state index is 12.3. The van der Waals surface area contributed by atoms with Crippen LogP contribution in [0.4, 0.5) is 19.0 Å². The summed E-state index contributed by atoms with van der Waals surface area (Å²) in [5, 5.41) is 9.86. The van der Waals surface area contributed by atoms with Gasteiger partial charge in [0.2, 0.25) is 5.82 Å². The van der Waals surface area contributed by atoms with Gasteiger partial charge in [0.1, 0.15) is 5.82 Å². The van der Waals surface area contributed by atoms with Gasteiger partial charge in [-0.05, 0) is 26.0 Å². The molecule has 0 spiro atoms. The first kappa shape index (κ1) is 13.1. The van der Waals surface area contributed by atoms with Crippen LogP contribution in [0.2, 0.25) is 0 Å². The minimum atomic E-state index is -4.56. The highest BCUT2D eigenvalue weighted by atomic mass is 19.4. The number of anilines is 1. The van der Waals surface area contributed by atoms with Crippen LogP contribution in [0.25, 0.3) is 0 Å².